The molecule has 0 spiro atoms. The van der Waals surface area contributed by atoms with Crippen LogP contribution in [-0.2, 0) is 4.79 Å². The number of methoxy groups -OCH3 is 1. The predicted molar refractivity (Wildman–Crippen MR) is 96.1 cm³/mol. The van der Waals surface area contributed by atoms with E-state index in [9.17, 15) is 9.90 Å². The molecule has 4 nitrogen and oxygen atoms in total. The number of carbonyl (C=O) groups is 1. The second-order valence-corrected chi connectivity index (χ2v) is 7.71. The normalized spacial score (nSPS) is 19.8. The van der Waals surface area contributed by atoms with Crippen molar-refractivity contribution in [3.8, 4) is 5.75 Å². The molecule has 24 heavy (non-hydrogen) atoms. The number of carboxylic acids is 1. The van der Waals surface area contributed by atoms with Gasteiger partial charge in [0.15, 0.2) is 0 Å². The van der Waals surface area contributed by atoms with Gasteiger partial charge in [0.25, 0.3) is 0 Å². The lowest BCUT2D eigenvalue weighted by molar-refractivity contribution is -0.143. The monoisotopic (exact) mass is 365 g/mol. The van der Waals surface area contributed by atoms with Gasteiger partial charge in [-0.1, -0.05) is 29.8 Å². The fraction of sp³-hybridized carbons (Fsp3) is 0.389. The molecule has 0 saturated carbocycles. The number of aliphatic carboxylic acids is 1. The molecule has 0 aliphatic carbocycles. The first kappa shape index (κ1) is 17.3. The zero-order chi connectivity index (χ0) is 17.1. The molecule has 2 unspecified atom stereocenters. The van der Waals surface area contributed by atoms with E-state index in [0.717, 1.165) is 39.9 Å². The first-order valence-electron chi connectivity index (χ1n) is 7.95. The number of likely N-dealkylation sites (tertiary alicyclic amines) is 1. The first-order valence-corrected chi connectivity index (χ1v) is 9.14. The van der Waals surface area contributed by atoms with Crippen molar-refractivity contribution in [3.63, 3.8) is 0 Å². The quantitative estimate of drug-likeness (QED) is 0.858. The summed E-state index contributed by atoms with van der Waals surface area (Å²) < 4.78 is 6.28. The Balaban J connectivity index is 2.01. The largest absolute Gasteiger partial charge is 0.496 e. The summed E-state index contributed by atoms with van der Waals surface area (Å²) in [5.41, 5.74) is 1.05. The van der Waals surface area contributed by atoms with Crippen molar-refractivity contribution in [1.29, 1.82) is 0 Å². The molecule has 1 aromatic carbocycles. The lowest BCUT2D eigenvalue weighted by Gasteiger charge is -2.37. The molecule has 1 saturated heterocycles. The van der Waals surface area contributed by atoms with Gasteiger partial charge in [0.2, 0.25) is 0 Å². The summed E-state index contributed by atoms with van der Waals surface area (Å²) in [5.74, 6) is -0.237. The number of piperidine rings is 1. The third-order valence-corrected chi connectivity index (χ3v) is 5.75. The van der Waals surface area contributed by atoms with Crippen LogP contribution in [-0.4, -0.2) is 36.2 Å². The highest BCUT2D eigenvalue weighted by Gasteiger charge is 2.33. The summed E-state index contributed by atoms with van der Waals surface area (Å²) >= 11 is 7.69. The molecule has 0 bridgehead atoms. The summed E-state index contributed by atoms with van der Waals surface area (Å²) in [6, 6.07) is 11.8. The highest BCUT2D eigenvalue weighted by molar-refractivity contribution is 7.16. The van der Waals surface area contributed by atoms with Crippen molar-refractivity contribution in [2.75, 3.05) is 20.2 Å². The lowest BCUT2D eigenvalue weighted by atomic mass is 9.94. The van der Waals surface area contributed by atoms with Crippen molar-refractivity contribution in [3.05, 3.63) is 51.2 Å². The van der Waals surface area contributed by atoms with Crippen molar-refractivity contribution in [1.82, 2.24) is 4.90 Å². The van der Waals surface area contributed by atoms with Crippen molar-refractivity contribution in [2.24, 2.45) is 5.92 Å². The number of ether oxygens (including phenoxy) is 1. The Morgan fingerprint density at radius 2 is 2.17 bits per heavy atom. The highest BCUT2D eigenvalue weighted by atomic mass is 35.5. The van der Waals surface area contributed by atoms with Crippen LogP contribution in [0.3, 0.4) is 0 Å². The molecule has 0 amide bonds. The van der Waals surface area contributed by atoms with Gasteiger partial charge in [-0.15, -0.1) is 11.3 Å². The second-order valence-electron chi connectivity index (χ2n) is 5.96. The summed E-state index contributed by atoms with van der Waals surface area (Å²) in [7, 11) is 1.66. The van der Waals surface area contributed by atoms with E-state index in [4.69, 9.17) is 16.3 Å². The van der Waals surface area contributed by atoms with E-state index in [1.165, 1.54) is 11.3 Å². The van der Waals surface area contributed by atoms with Crippen molar-refractivity contribution >= 4 is 28.9 Å². The van der Waals surface area contributed by atoms with Crippen LogP contribution < -0.4 is 4.74 Å². The summed E-state index contributed by atoms with van der Waals surface area (Å²) in [6.07, 6.45) is 1.61. The maximum absolute atomic E-state index is 11.5. The van der Waals surface area contributed by atoms with Crippen LogP contribution in [0.15, 0.2) is 36.4 Å². The minimum Gasteiger partial charge on any atom is -0.496 e. The molecule has 2 aromatic rings. The number of rotatable bonds is 5. The number of thiophene rings is 1. The molecule has 1 N–H and O–H groups in total. The maximum atomic E-state index is 11.5. The fourth-order valence-electron chi connectivity index (χ4n) is 3.34. The van der Waals surface area contributed by atoms with E-state index in [2.05, 4.69) is 4.90 Å². The van der Waals surface area contributed by atoms with Gasteiger partial charge in [0, 0.05) is 17.0 Å². The number of para-hydroxylation sites is 1. The van der Waals surface area contributed by atoms with Crippen LogP contribution in [0.2, 0.25) is 4.34 Å². The average Bonchev–Trinajstić information content (AvgIpc) is 3.02. The molecule has 3 rings (SSSR count). The number of nitrogens with zero attached hydrogens (tertiary/aromatic N) is 1. The van der Waals surface area contributed by atoms with Gasteiger partial charge in [-0.3, -0.25) is 9.69 Å². The Bertz CT molecular complexity index is 718. The van der Waals surface area contributed by atoms with E-state index < -0.39 is 5.97 Å². The minimum absolute atomic E-state index is 0.0409. The molecule has 2 heterocycles. The van der Waals surface area contributed by atoms with Gasteiger partial charge >= 0.3 is 5.97 Å². The topological polar surface area (TPSA) is 49.8 Å². The number of hydrogen-bond acceptors (Lipinski definition) is 4. The van der Waals surface area contributed by atoms with Crippen LogP contribution in [0.1, 0.15) is 29.3 Å². The number of carboxylic acid groups (broad SMARTS) is 1. The molecule has 2 atom stereocenters. The number of halogens is 1. The third kappa shape index (κ3) is 3.58. The second kappa shape index (κ2) is 7.55. The fourth-order valence-corrected chi connectivity index (χ4v) is 4.56. The van der Waals surface area contributed by atoms with Gasteiger partial charge in [-0.25, -0.2) is 0 Å². The standard InChI is InChI=1S/C18H20ClNO3S/c1-23-14-7-3-2-6-13(14)17(15-8-9-16(19)24-15)20-10-4-5-12(11-20)18(21)22/h2-3,6-9,12,17H,4-5,10-11H2,1H3,(H,21,22). The zero-order valence-electron chi connectivity index (χ0n) is 13.4. The first-order chi connectivity index (χ1) is 11.6. The van der Waals surface area contributed by atoms with Crippen LogP contribution in [0.4, 0.5) is 0 Å². The zero-order valence-corrected chi connectivity index (χ0v) is 15.0. The summed E-state index contributed by atoms with van der Waals surface area (Å²) in [6.45, 7) is 1.40. The van der Waals surface area contributed by atoms with E-state index in [0.29, 0.717) is 6.54 Å². The van der Waals surface area contributed by atoms with Gasteiger partial charge in [-0.05, 0) is 37.6 Å². The van der Waals surface area contributed by atoms with E-state index in [1.807, 2.05) is 36.4 Å². The van der Waals surface area contributed by atoms with E-state index in [-0.39, 0.29) is 12.0 Å². The molecule has 0 radical (unpaired) electrons. The average molecular weight is 366 g/mol. The number of benzene rings is 1. The molecule has 1 fully saturated rings. The Hall–Kier alpha value is -1.56. The van der Waals surface area contributed by atoms with E-state index >= 15 is 0 Å². The summed E-state index contributed by atoms with van der Waals surface area (Å²) in [4.78, 5) is 14.8. The molecule has 1 aromatic heterocycles. The van der Waals surface area contributed by atoms with Gasteiger partial charge in [-0.2, -0.15) is 0 Å². The van der Waals surface area contributed by atoms with E-state index in [1.54, 1.807) is 7.11 Å². The molecular formula is C18H20ClNO3S. The van der Waals surface area contributed by atoms with Crippen molar-refractivity contribution < 1.29 is 14.6 Å². The number of hydrogen-bond donors (Lipinski definition) is 1. The Kier molecular flexibility index (Phi) is 5.43. The lowest BCUT2D eigenvalue weighted by Crippen LogP contribution is -2.41. The molecule has 1 aliphatic heterocycles. The van der Waals surface area contributed by atoms with Crippen LogP contribution in [0, 0.1) is 5.92 Å². The van der Waals surface area contributed by atoms with Gasteiger partial charge in [0.1, 0.15) is 5.75 Å². The maximum Gasteiger partial charge on any atom is 0.307 e. The molecule has 128 valence electrons. The smallest absolute Gasteiger partial charge is 0.307 e. The summed E-state index contributed by atoms with van der Waals surface area (Å²) in [5, 5.41) is 9.41. The predicted octanol–water partition coefficient (Wildman–Crippen LogP) is 4.30. The molecular weight excluding hydrogens is 346 g/mol. The van der Waals surface area contributed by atoms with Crippen molar-refractivity contribution in [2.45, 2.75) is 18.9 Å². The van der Waals surface area contributed by atoms with Gasteiger partial charge < -0.3 is 9.84 Å². The Labute approximate surface area is 150 Å². The highest BCUT2D eigenvalue weighted by Crippen LogP contribution is 2.40. The third-order valence-electron chi connectivity index (χ3n) is 4.46. The SMILES string of the molecule is COc1ccccc1C(c1ccc(Cl)s1)N1CCCC(C(=O)O)C1. The molecule has 1 aliphatic rings. The molecule has 6 heteroatoms. The Morgan fingerprint density at radius 1 is 1.38 bits per heavy atom. The van der Waals surface area contributed by atoms with Crippen LogP contribution in [0.25, 0.3) is 0 Å². The Morgan fingerprint density at radius 3 is 2.83 bits per heavy atom. The van der Waals surface area contributed by atoms with Crippen LogP contribution >= 0.6 is 22.9 Å². The minimum atomic E-state index is -0.720. The van der Waals surface area contributed by atoms with Crippen LogP contribution in [0.5, 0.6) is 5.75 Å². The van der Waals surface area contributed by atoms with Gasteiger partial charge in [0.05, 0.1) is 23.4 Å².